The van der Waals surface area contributed by atoms with Gasteiger partial charge in [-0.15, -0.1) is 0 Å². The first-order valence-corrected chi connectivity index (χ1v) is 9.37. The minimum atomic E-state index is -0.602. The number of nitrogens with zero attached hydrogens (tertiary/aromatic N) is 2. The Morgan fingerprint density at radius 3 is 2.67 bits per heavy atom. The number of carbonyl (C=O) groups excluding carboxylic acids is 1. The van der Waals surface area contributed by atoms with Gasteiger partial charge < -0.3 is 10.6 Å². The van der Waals surface area contributed by atoms with Crippen LogP contribution in [0.4, 0.5) is 0 Å². The number of hydrogen-bond donors (Lipinski definition) is 1. The zero-order chi connectivity index (χ0) is 17.0. The third-order valence-electron chi connectivity index (χ3n) is 5.67. The Morgan fingerprint density at radius 2 is 1.96 bits per heavy atom. The summed E-state index contributed by atoms with van der Waals surface area (Å²) in [5.74, 6) is 0.721. The van der Waals surface area contributed by atoms with Crippen molar-refractivity contribution in [3.8, 4) is 0 Å². The van der Waals surface area contributed by atoms with Crippen LogP contribution in [0.15, 0.2) is 30.3 Å². The first-order valence-electron chi connectivity index (χ1n) is 9.37. The molecule has 24 heavy (non-hydrogen) atoms. The van der Waals surface area contributed by atoms with E-state index < -0.39 is 5.54 Å². The lowest BCUT2D eigenvalue weighted by Crippen LogP contribution is -2.56. The van der Waals surface area contributed by atoms with Crippen molar-refractivity contribution in [2.75, 3.05) is 26.7 Å². The van der Waals surface area contributed by atoms with Crippen LogP contribution < -0.4 is 5.73 Å². The Balaban J connectivity index is 1.48. The number of likely N-dealkylation sites (tertiary alicyclic amines) is 1. The Morgan fingerprint density at radius 1 is 1.25 bits per heavy atom. The van der Waals surface area contributed by atoms with Crippen molar-refractivity contribution in [2.45, 2.75) is 50.6 Å². The summed E-state index contributed by atoms with van der Waals surface area (Å²) in [6.07, 6.45) is 6.26. The second kappa shape index (κ2) is 7.66. The van der Waals surface area contributed by atoms with Gasteiger partial charge in [0.2, 0.25) is 5.91 Å². The molecule has 1 aliphatic heterocycles. The largest absolute Gasteiger partial charge is 0.344 e. The fourth-order valence-corrected chi connectivity index (χ4v) is 4.29. The standard InChI is InChI=1S/C20H31N3O/c1-22(19(24)20(21)11-6-3-7-12-20)14-18-10-13-23(16-18)15-17-8-4-2-5-9-17/h2,4-5,8-9,18H,3,6-7,10-16,21H2,1H3. The molecular formula is C20H31N3O. The SMILES string of the molecule is CN(CC1CCN(Cc2ccccc2)C1)C(=O)C1(N)CCCCC1. The molecule has 1 aromatic carbocycles. The van der Waals surface area contributed by atoms with Crippen LogP contribution in [0.5, 0.6) is 0 Å². The summed E-state index contributed by atoms with van der Waals surface area (Å²) < 4.78 is 0. The number of rotatable bonds is 5. The zero-order valence-corrected chi connectivity index (χ0v) is 14.9. The van der Waals surface area contributed by atoms with Crippen molar-refractivity contribution in [1.29, 1.82) is 0 Å². The van der Waals surface area contributed by atoms with E-state index in [1.807, 2.05) is 11.9 Å². The fourth-order valence-electron chi connectivity index (χ4n) is 4.29. The molecule has 0 aromatic heterocycles. The molecule has 1 aliphatic carbocycles. The molecule has 0 spiro atoms. The molecule has 0 radical (unpaired) electrons. The second-order valence-electron chi connectivity index (χ2n) is 7.78. The highest BCUT2D eigenvalue weighted by Crippen LogP contribution is 2.28. The fraction of sp³-hybridized carbons (Fsp3) is 0.650. The first kappa shape index (κ1) is 17.4. The minimum Gasteiger partial charge on any atom is -0.344 e. The van der Waals surface area contributed by atoms with E-state index in [-0.39, 0.29) is 5.91 Å². The highest BCUT2D eigenvalue weighted by molar-refractivity contribution is 5.86. The summed E-state index contributed by atoms with van der Waals surface area (Å²) in [5, 5.41) is 0. The quantitative estimate of drug-likeness (QED) is 0.903. The molecule has 1 atom stereocenters. The number of likely N-dealkylation sites (N-methyl/N-ethyl adjacent to an activating group) is 1. The molecule has 2 fully saturated rings. The third-order valence-corrected chi connectivity index (χ3v) is 5.67. The lowest BCUT2D eigenvalue weighted by Gasteiger charge is -2.36. The molecule has 3 rings (SSSR count). The smallest absolute Gasteiger partial charge is 0.242 e. The summed E-state index contributed by atoms with van der Waals surface area (Å²) in [7, 11) is 1.94. The highest BCUT2D eigenvalue weighted by atomic mass is 16.2. The van der Waals surface area contributed by atoms with E-state index in [9.17, 15) is 4.79 Å². The molecule has 0 bridgehead atoms. The first-order chi connectivity index (χ1) is 11.6. The van der Waals surface area contributed by atoms with Crippen LogP contribution in [-0.4, -0.2) is 47.9 Å². The average molecular weight is 329 g/mol. The van der Waals surface area contributed by atoms with Gasteiger partial charge in [0.1, 0.15) is 0 Å². The summed E-state index contributed by atoms with van der Waals surface area (Å²) >= 11 is 0. The molecule has 4 nitrogen and oxygen atoms in total. The van der Waals surface area contributed by atoms with Gasteiger partial charge in [0, 0.05) is 26.7 Å². The van der Waals surface area contributed by atoms with Crippen LogP contribution in [0, 0.1) is 5.92 Å². The van der Waals surface area contributed by atoms with Crippen molar-refractivity contribution in [3.63, 3.8) is 0 Å². The summed E-state index contributed by atoms with van der Waals surface area (Å²) in [6, 6.07) is 10.6. The molecule has 2 aliphatic rings. The van der Waals surface area contributed by atoms with Gasteiger partial charge in [-0.3, -0.25) is 9.69 Å². The van der Waals surface area contributed by atoms with Crippen molar-refractivity contribution >= 4 is 5.91 Å². The van der Waals surface area contributed by atoms with E-state index in [2.05, 4.69) is 35.2 Å². The van der Waals surface area contributed by atoms with Crippen molar-refractivity contribution in [1.82, 2.24) is 9.80 Å². The molecule has 1 unspecified atom stereocenters. The normalized spacial score (nSPS) is 24.0. The van der Waals surface area contributed by atoms with Gasteiger partial charge in [-0.05, 0) is 37.3 Å². The number of carbonyl (C=O) groups is 1. The van der Waals surface area contributed by atoms with Gasteiger partial charge in [-0.2, -0.15) is 0 Å². The number of benzene rings is 1. The Kier molecular flexibility index (Phi) is 5.57. The maximum absolute atomic E-state index is 12.8. The number of amides is 1. The summed E-state index contributed by atoms with van der Waals surface area (Å²) in [5.41, 5.74) is 7.17. The van der Waals surface area contributed by atoms with E-state index in [4.69, 9.17) is 5.73 Å². The molecule has 1 aromatic rings. The summed E-state index contributed by atoms with van der Waals surface area (Å²) in [4.78, 5) is 17.2. The van der Waals surface area contributed by atoms with E-state index in [1.165, 1.54) is 18.4 Å². The van der Waals surface area contributed by atoms with Gasteiger partial charge in [-0.25, -0.2) is 0 Å². The molecule has 4 heteroatoms. The predicted molar refractivity (Wildman–Crippen MR) is 97.5 cm³/mol. The minimum absolute atomic E-state index is 0.156. The molecule has 132 valence electrons. The second-order valence-corrected chi connectivity index (χ2v) is 7.78. The monoisotopic (exact) mass is 329 g/mol. The number of hydrogen-bond acceptors (Lipinski definition) is 3. The van der Waals surface area contributed by atoms with Crippen LogP contribution in [0.25, 0.3) is 0 Å². The maximum Gasteiger partial charge on any atom is 0.242 e. The zero-order valence-electron chi connectivity index (χ0n) is 14.9. The molecule has 1 saturated heterocycles. The Hall–Kier alpha value is -1.39. The van der Waals surface area contributed by atoms with Crippen LogP contribution in [-0.2, 0) is 11.3 Å². The molecule has 1 heterocycles. The maximum atomic E-state index is 12.8. The van der Waals surface area contributed by atoms with Gasteiger partial charge in [0.05, 0.1) is 5.54 Å². The topological polar surface area (TPSA) is 49.6 Å². The lowest BCUT2D eigenvalue weighted by atomic mass is 9.81. The molecular weight excluding hydrogens is 298 g/mol. The van der Waals surface area contributed by atoms with E-state index in [0.717, 1.165) is 51.9 Å². The predicted octanol–water partition coefficient (Wildman–Crippen LogP) is 2.63. The van der Waals surface area contributed by atoms with Gasteiger partial charge in [0.25, 0.3) is 0 Å². The third kappa shape index (κ3) is 4.17. The van der Waals surface area contributed by atoms with Crippen molar-refractivity contribution in [2.24, 2.45) is 11.7 Å². The highest BCUT2D eigenvalue weighted by Gasteiger charge is 2.38. The van der Waals surface area contributed by atoms with Crippen LogP contribution >= 0.6 is 0 Å². The average Bonchev–Trinajstić information content (AvgIpc) is 3.02. The van der Waals surface area contributed by atoms with Gasteiger partial charge >= 0.3 is 0 Å². The lowest BCUT2D eigenvalue weighted by molar-refractivity contribution is -0.137. The molecule has 1 amide bonds. The van der Waals surface area contributed by atoms with Crippen molar-refractivity contribution in [3.05, 3.63) is 35.9 Å². The van der Waals surface area contributed by atoms with E-state index >= 15 is 0 Å². The molecule has 2 N–H and O–H groups in total. The van der Waals surface area contributed by atoms with E-state index in [1.54, 1.807) is 0 Å². The van der Waals surface area contributed by atoms with Gasteiger partial charge in [0.15, 0.2) is 0 Å². The number of nitrogens with two attached hydrogens (primary N) is 1. The van der Waals surface area contributed by atoms with Crippen LogP contribution in [0.3, 0.4) is 0 Å². The Bertz CT molecular complexity index is 539. The van der Waals surface area contributed by atoms with E-state index in [0.29, 0.717) is 5.92 Å². The Labute approximate surface area is 146 Å². The van der Waals surface area contributed by atoms with Gasteiger partial charge in [-0.1, -0.05) is 49.6 Å². The van der Waals surface area contributed by atoms with Crippen LogP contribution in [0.2, 0.25) is 0 Å². The van der Waals surface area contributed by atoms with Crippen LogP contribution in [0.1, 0.15) is 44.1 Å². The molecule has 1 saturated carbocycles. The van der Waals surface area contributed by atoms with Crippen molar-refractivity contribution < 1.29 is 4.79 Å². The summed E-state index contributed by atoms with van der Waals surface area (Å²) in [6.45, 7) is 4.04.